The van der Waals surface area contributed by atoms with E-state index < -0.39 is 0 Å². The Bertz CT molecular complexity index is 628. The molecule has 0 aliphatic rings. The highest BCUT2D eigenvalue weighted by Crippen LogP contribution is 2.40. The zero-order valence-electron chi connectivity index (χ0n) is 12.8. The topological polar surface area (TPSA) is 0 Å². The van der Waals surface area contributed by atoms with E-state index in [0.717, 1.165) is 0 Å². The van der Waals surface area contributed by atoms with Crippen LogP contribution in [0.4, 0.5) is 0 Å². The summed E-state index contributed by atoms with van der Waals surface area (Å²) in [6.45, 7) is 2.09. The average Bonchev–Trinajstić information content (AvgIpc) is 2.62. The van der Waals surface area contributed by atoms with E-state index in [1.807, 2.05) is 0 Å². The fourth-order valence-electron chi connectivity index (χ4n) is 3.14. The Balaban J connectivity index is 2.34. The second kappa shape index (κ2) is 6.44. The van der Waals surface area contributed by atoms with Crippen molar-refractivity contribution in [3.63, 3.8) is 0 Å². The molecule has 0 amide bonds. The molecule has 0 atom stereocenters. The van der Waals surface area contributed by atoms with Gasteiger partial charge in [-0.15, -0.1) is 0 Å². The predicted octanol–water partition coefficient (Wildman–Crippen LogP) is 5.60. The lowest BCUT2D eigenvalue weighted by Crippen LogP contribution is -2.26. The normalized spacial score (nSPS) is 11.7. The molecular formula is C22H20. The van der Waals surface area contributed by atoms with E-state index in [1.165, 1.54) is 16.7 Å². The zero-order chi connectivity index (χ0) is 15.3. The van der Waals surface area contributed by atoms with Crippen molar-refractivity contribution in [2.75, 3.05) is 0 Å². The third kappa shape index (κ3) is 2.48. The third-order valence-corrected chi connectivity index (χ3v) is 4.10. The first kappa shape index (κ1) is 14.3. The van der Waals surface area contributed by atoms with Crippen molar-refractivity contribution >= 4 is 0 Å². The first-order chi connectivity index (χ1) is 10.9. The number of hydrogen-bond acceptors (Lipinski definition) is 0. The van der Waals surface area contributed by atoms with E-state index in [0.29, 0.717) is 0 Å². The summed E-state index contributed by atoms with van der Waals surface area (Å²) >= 11 is 0. The molecule has 3 aromatic carbocycles. The van der Waals surface area contributed by atoms with Crippen LogP contribution < -0.4 is 0 Å². The van der Waals surface area contributed by atoms with Gasteiger partial charge in [-0.2, -0.15) is 0 Å². The minimum atomic E-state index is -0.251. The van der Waals surface area contributed by atoms with Crippen LogP contribution in [0.15, 0.2) is 103 Å². The minimum Gasteiger partial charge on any atom is -0.0901 e. The van der Waals surface area contributed by atoms with Crippen molar-refractivity contribution in [2.45, 2.75) is 12.3 Å². The van der Waals surface area contributed by atoms with Crippen molar-refractivity contribution in [2.24, 2.45) is 0 Å². The SMILES string of the molecule is C/C=C\C(c1ccccc1)(c1ccccc1)c1ccccc1. The summed E-state index contributed by atoms with van der Waals surface area (Å²) in [5.74, 6) is 0. The zero-order valence-corrected chi connectivity index (χ0v) is 12.8. The first-order valence-corrected chi connectivity index (χ1v) is 7.68. The van der Waals surface area contributed by atoms with Crippen molar-refractivity contribution in [1.82, 2.24) is 0 Å². The molecule has 0 saturated heterocycles. The Morgan fingerprint density at radius 3 is 1.14 bits per heavy atom. The summed E-state index contributed by atoms with van der Waals surface area (Å²) < 4.78 is 0. The fourth-order valence-corrected chi connectivity index (χ4v) is 3.14. The van der Waals surface area contributed by atoms with Crippen molar-refractivity contribution < 1.29 is 0 Å². The summed E-state index contributed by atoms with van der Waals surface area (Å²) in [5.41, 5.74) is 3.60. The van der Waals surface area contributed by atoms with E-state index in [9.17, 15) is 0 Å². The third-order valence-electron chi connectivity index (χ3n) is 4.10. The highest BCUT2D eigenvalue weighted by atomic mass is 14.3. The standard InChI is InChI=1S/C22H20/c1-2-18-22(19-12-6-3-7-13-19,20-14-8-4-9-15-20)21-16-10-5-11-17-21/h2-18H,1H3/b18-2-. The molecule has 0 aliphatic carbocycles. The van der Waals surface area contributed by atoms with E-state index >= 15 is 0 Å². The number of allylic oxidation sites excluding steroid dienone is 2. The molecule has 0 radical (unpaired) electrons. The Hall–Kier alpha value is -2.60. The van der Waals surface area contributed by atoms with Gasteiger partial charge in [-0.1, -0.05) is 103 Å². The molecule has 0 saturated carbocycles. The second-order valence-corrected chi connectivity index (χ2v) is 5.41. The van der Waals surface area contributed by atoms with Crippen LogP contribution in [0, 0.1) is 0 Å². The van der Waals surface area contributed by atoms with Gasteiger partial charge in [-0.25, -0.2) is 0 Å². The average molecular weight is 284 g/mol. The van der Waals surface area contributed by atoms with Gasteiger partial charge in [0.25, 0.3) is 0 Å². The van der Waals surface area contributed by atoms with Gasteiger partial charge >= 0.3 is 0 Å². The molecule has 22 heavy (non-hydrogen) atoms. The molecule has 3 aromatic rings. The maximum Gasteiger partial charge on any atom is 0.0632 e. The first-order valence-electron chi connectivity index (χ1n) is 7.68. The summed E-state index contributed by atoms with van der Waals surface area (Å²) in [6.07, 6.45) is 4.44. The number of rotatable bonds is 4. The Labute approximate surface area is 132 Å². The maximum atomic E-state index is 2.30. The van der Waals surface area contributed by atoms with Crippen molar-refractivity contribution in [1.29, 1.82) is 0 Å². The van der Waals surface area contributed by atoms with Crippen LogP contribution in [0.3, 0.4) is 0 Å². The molecule has 0 nitrogen and oxygen atoms in total. The van der Waals surface area contributed by atoms with Crippen molar-refractivity contribution in [3.05, 3.63) is 120 Å². The Morgan fingerprint density at radius 2 is 0.864 bits per heavy atom. The van der Waals surface area contributed by atoms with E-state index in [1.54, 1.807) is 0 Å². The lowest BCUT2D eigenvalue weighted by atomic mass is 9.69. The highest BCUT2D eigenvalue weighted by Gasteiger charge is 2.33. The molecule has 0 unspecified atom stereocenters. The molecule has 0 spiro atoms. The maximum absolute atomic E-state index is 2.30. The Morgan fingerprint density at radius 1 is 0.545 bits per heavy atom. The molecule has 3 rings (SSSR count). The lowest BCUT2D eigenvalue weighted by molar-refractivity contribution is 0.777. The number of hydrogen-bond donors (Lipinski definition) is 0. The monoisotopic (exact) mass is 284 g/mol. The molecule has 0 aliphatic heterocycles. The van der Waals surface area contributed by atoms with Gasteiger partial charge < -0.3 is 0 Å². The molecule has 0 bridgehead atoms. The molecule has 0 heterocycles. The van der Waals surface area contributed by atoms with Crippen LogP contribution in [-0.2, 0) is 5.41 Å². The quantitative estimate of drug-likeness (QED) is 0.432. The van der Waals surface area contributed by atoms with Gasteiger partial charge in [0.15, 0.2) is 0 Å². The van der Waals surface area contributed by atoms with Crippen molar-refractivity contribution in [3.8, 4) is 0 Å². The summed E-state index contributed by atoms with van der Waals surface area (Å²) in [6, 6.07) is 32.1. The molecule has 0 aromatic heterocycles. The molecular weight excluding hydrogens is 264 g/mol. The van der Waals surface area contributed by atoms with Crippen LogP contribution in [0.5, 0.6) is 0 Å². The Kier molecular flexibility index (Phi) is 4.20. The fraction of sp³-hybridized carbons (Fsp3) is 0.0909. The predicted molar refractivity (Wildman–Crippen MR) is 94.0 cm³/mol. The number of benzene rings is 3. The van der Waals surface area contributed by atoms with Crippen LogP contribution in [0.2, 0.25) is 0 Å². The van der Waals surface area contributed by atoms with Gasteiger partial charge in [-0.05, 0) is 23.6 Å². The minimum absolute atomic E-state index is 0.251. The van der Waals surface area contributed by atoms with E-state index in [-0.39, 0.29) is 5.41 Å². The molecule has 0 heteroatoms. The van der Waals surface area contributed by atoms with Crippen LogP contribution in [0.1, 0.15) is 23.6 Å². The summed E-state index contributed by atoms with van der Waals surface area (Å²) in [7, 11) is 0. The van der Waals surface area contributed by atoms with Gasteiger partial charge in [-0.3, -0.25) is 0 Å². The van der Waals surface area contributed by atoms with Gasteiger partial charge in [0.2, 0.25) is 0 Å². The second-order valence-electron chi connectivity index (χ2n) is 5.41. The van der Waals surface area contributed by atoms with E-state index in [2.05, 4.69) is 110 Å². The summed E-state index contributed by atoms with van der Waals surface area (Å²) in [5, 5.41) is 0. The summed E-state index contributed by atoms with van der Waals surface area (Å²) in [4.78, 5) is 0. The molecule has 0 fully saturated rings. The van der Waals surface area contributed by atoms with Gasteiger partial charge in [0.05, 0.1) is 5.41 Å². The van der Waals surface area contributed by atoms with Crippen LogP contribution >= 0.6 is 0 Å². The van der Waals surface area contributed by atoms with E-state index in [4.69, 9.17) is 0 Å². The van der Waals surface area contributed by atoms with Gasteiger partial charge in [0, 0.05) is 0 Å². The largest absolute Gasteiger partial charge is 0.0901 e. The molecule has 108 valence electrons. The van der Waals surface area contributed by atoms with Gasteiger partial charge in [0.1, 0.15) is 0 Å². The van der Waals surface area contributed by atoms with Crippen LogP contribution in [0.25, 0.3) is 0 Å². The molecule has 0 N–H and O–H groups in total. The van der Waals surface area contributed by atoms with Crippen LogP contribution in [-0.4, -0.2) is 0 Å². The highest BCUT2D eigenvalue weighted by molar-refractivity contribution is 5.54. The lowest BCUT2D eigenvalue weighted by Gasteiger charge is -2.33. The smallest absolute Gasteiger partial charge is 0.0632 e.